The van der Waals surface area contributed by atoms with Crippen molar-refractivity contribution in [2.45, 2.75) is 37.3 Å². The van der Waals surface area contributed by atoms with E-state index >= 15 is 0 Å². The molecule has 2 aliphatic heterocycles. The van der Waals surface area contributed by atoms with Crippen LogP contribution in [0.3, 0.4) is 0 Å². The zero-order valence-corrected chi connectivity index (χ0v) is 24.2. The highest BCUT2D eigenvalue weighted by atomic mass is 35.5. The number of carbonyl (C=O) groups excluding carboxylic acids is 1. The van der Waals surface area contributed by atoms with Crippen molar-refractivity contribution in [1.82, 2.24) is 19.7 Å². The van der Waals surface area contributed by atoms with Crippen LogP contribution in [0.15, 0.2) is 47.6 Å². The highest BCUT2D eigenvalue weighted by molar-refractivity contribution is 7.92. The predicted molar refractivity (Wildman–Crippen MR) is 150 cm³/mol. The molecule has 10 nitrogen and oxygen atoms in total. The fourth-order valence-corrected chi connectivity index (χ4v) is 6.57. The summed E-state index contributed by atoms with van der Waals surface area (Å²) < 4.78 is 98.0. The van der Waals surface area contributed by atoms with Crippen LogP contribution in [0.25, 0.3) is 5.69 Å². The van der Waals surface area contributed by atoms with Gasteiger partial charge in [0.25, 0.3) is 10.0 Å². The number of aryl methyl sites for hydroxylation is 1. The minimum Gasteiger partial charge on any atom is -0.310 e. The van der Waals surface area contributed by atoms with Gasteiger partial charge in [0.15, 0.2) is 17.3 Å². The van der Waals surface area contributed by atoms with Crippen LogP contribution >= 0.6 is 11.6 Å². The van der Waals surface area contributed by atoms with Crippen molar-refractivity contribution in [3.05, 3.63) is 76.3 Å². The summed E-state index contributed by atoms with van der Waals surface area (Å²) in [5.74, 6) is -2.51. The van der Waals surface area contributed by atoms with Gasteiger partial charge < -0.3 is 9.80 Å². The lowest BCUT2D eigenvalue weighted by Gasteiger charge is -2.26. The summed E-state index contributed by atoms with van der Waals surface area (Å²) in [7, 11) is -4.54. The van der Waals surface area contributed by atoms with Crippen molar-refractivity contribution < 1.29 is 35.2 Å². The van der Waals surface area contributed by atoms with Crippen molar-refractivity contribution >= 4 is 50.5 Å². The quantitative estimate of drug-likeness (QED) is 0.272. The molecule has 0 bridgehead atoms. The molecule has 1 fully saturated rings. The number of nitrogens with zero attached hydrogens (tertiary/aromatic N) is 6. The van der Waals surface area contributed by atoms with Gasteiger partial charge in [0.1, 0.15) is 11.4 Å². The molecule has 230 valence electrons. The van der Waals surface area contributed by atoms with Gasteiger partial charge in [-0.05, 0) is 55.7 Å². The van der Waals surface area contributed by atoms with E-state index in [-0.39, 0.29) is 51.8 Å². The van der Waals surface area contributed by atoms with Gasteiger partial charge in [-0.2, -0.15) is 18.3 Å². The standard InChI is InChI=1S/C27H21ClF5N7O3S/c1-14-7-22(27(31,32)33)36-40(14)17-12-34-26(35-13-17)39-6-4-15-8-18(11-21(25(15)39)38-5-2-3-23(38)41)44(42,43)37-24-19(29)9-16(28)10-20(24)30/h7-13,37H,2-6H2,1H3. The molecule has 2 aromatic heterocycles. The third-order valence-corrected chi connectivity index (χ3v) is 8.77. The second-order valence-electron chi connectivity index (χ2n) is 10.2. The Bertz CT molecular complexity index is 1890. The molecule has 0 saturated carbocycles. The van der Waals surface area contributed by atoms with E-state index in [1.54, 1.807) is 4.90 Å². The smallest absolute Gasteiger partial charge is 0.310 e. The number of fused-ring (bicyclic) bond motifs is 1. The number of sulfonamides is 1. The number of alkyl halides is 3. The van der Waals surface area contributed by atoms with Gasteiger partial charge in [-0.15, -0.1) is 0 Å². The molecular formula is C27H21ClF5N7O3S. The molecule has 17 heteroatoms. The summed E-state index contributed by atoms with van der Waals surface area (Å²) in [5.41, 5.74) is -0.352. The first-order valence-corrected chi connectivity index (χ1v) is 15.0. The Morgan fingerprint density at radius 2 is 1.64 bits per heavy atom. The number of rotatable bonds is 6. The largest absolute Gasteiger partial charge is 0.435 e. The van der Waals surface area contributed by atoms with Gasteiger partial charge in [0.05, 0.1) is 28.7 Å². The number of anilines is 4. The van der Waals surface area contributed by atoms with Crippen LogP contribution in [0.2, 0.25) is 5.02 Å². The molecule has 0 unspecified atom stereocenters. The molecule has 4 heterocycles. The number of amides is 1. The van der Waals surface area contributed by atoms with E-state index < -0.39 is 39.2 Å². The fourth-order valence-electron chi connectivity index (χ4n) is 5.23. The monoisotopic (exact) mass is 653 g/mol. The summed E-state index contributed by atoms with van der Waals surface area (Å²) >= 11 is 5.65. The third-order valence-electron chi connectivity index (χ3n) is 7.22. The summed E-state index contributed by atoms with van der Waals surface area (Å²) in [5, 5.41) is 3.35. The van der Waals surface area contributed by atoms with Crippen LogP contribution in [-0.2, 0) is 27.4 Å². The summed E-state index contributed by atoms with van der Waals surface area (Å²) in [6, 6.07) is 5.03. The molecule has 0 spiro atoms. The number of hydrogen-bond donors (Lipinski definition) is 1. The third kappa shape index (κ3) is 5.32. The number of carbonyl (C=O) groups is 1. The number of hydrogen-bond acceptors (Lipinski definition) is 7. The zero-order chi connectivity index (χ0) is 31.6. The maximum Gasteiger partial charge on any atom is 0.435 e. The topological polar surface area (TPSA) is 113 Å². The molecule has 6 rings (SSSR count). The van der Waals surface area contributed by atoms with Crippen LogP contribution < -0.4 is 14.5 Å². The Balaban J connectivity index is 1.38. The first-order chi connectivity index (χ1) is 20.7. The van der Waals surface area contributed by atoms with Crippen molar-refractivity contribution in [3.8, 4) is 5.69 Å². The Kier molecular flexibility index (Phi) is 7.23. The van der Waals surface area contributed by atoms with E-state index in [1.807, 2.05) is 4.72 Å². The second kappa shape index (κ2) is 10.7. The maximum absolute atomic E-state index is 14.4. The van der Waals surface area contributed by atoms with Crippen molar-refractivity contribution in [2.24, 2.45) is 0 Å². The molecule has 0 radical (unpaired) electrons. The lowest BCUT2D eigenvalue weighted by molar-refractivity contribution is -0.141. The van der Waals surface area contributed by atoms with Gasteiger partial charge in [-0.25, -0.2) is 31.8 Å². The van der Waals surface area contributed by atoms with Gasteiger partial charge in [0.2, 0.25) is 11.9 Å². The van der Waals surface area contributed by atoms with E-state index in [0.717, 1.165) is 22.9 Å². The highest BCUT2D eigenvalue weighted by Gasteiger charge is 2.36. The number of aromatic nitrogens is 4. The predicted octanol–water partition coefficient (Wildman–Crippen LogP) is 5.54. The van der Waals surface area contributed by atoms with Gasteiger partial charge in [-0.1, -0.05) is 11.6 Å². The minimum absolute atomic E-state index is 0.153. The van der Waals surface area contributed by atoms with Crippen LogP contribution in [0, 0.1) is 18.6 Å². The van der Waals surface area contributed by atoms with E-state index in [2.05, 4.69) is 15.1 Å². The fraction of sp³-hybridized carbons (Fsp3) is 0.259. The van der Waals surface area contributed by atoms with Gasteiger partial charge >= 0.3 is 6.18 Å². The molecule has 44 heavy (non-hydrogen) atoms. The zero-order valence-electron chi connectivity index (χ0n) is 22.7. The van der Waals surface area contributed by atoms with E-state index in [0.29, 0.717) is 30.6 Å². The molecular weight excluding hydrogens is 633 g/mol. The molecule has 2 aliphatic rings. The Morgan fingerprint density at radius 1 is 0.955 bits per heavy atom. The van der Waals surface area contributed by atoms with Crippen LogP contribution in [0.1, 0.15) is 29.8 Å². The Labute approximate surface area is 252 Å². The molecule has 0 aliphatic carbocycles. The SMILES string of the molecule is Cc1cc(C(F)(F)F)nn1-c1cnc(N2CCc3cc(S(=O)(=O)Nc4c(F)cc(Cl)cc4F)cc(N4CCCC4=O)c32)nc1. The molecule has 1 saturated heterocycles. The van der Waals surface area contributed by atoms with Gasteiger partial charge in [-0.3, -0.25) is 9.52 Å². The molecule has 1 N–H and O–H groups in total. The normalized spacial score (nSPS) is 15.3. The Hall–Kier alpha value is -4.31. The molecule has 0 atom stereocenters. The van der Waals surface area contributed by atoms with Crippen LogP contribution in [0.5, 0.6) is 0 Å². The summed E-state index contributed by atoms with van der Waals surface area (Å²) in [4.78, 5) is 24.2. The number of halogens is 6. The Morgan fingerprint density at radius 3 is 2.23 bits per heavy atom. The van der Waals surface area contributed by atoms with Crippen LogP contribution in [-0.4, -0.2) is 47.2 Å². The molecule has 1 amide bonds. The molecule has 2 aromatic carbocycles. The minimum atomic E-state index is -4.63. The van der Waals surface area contributed by atoms with E-state index in [4.69, 9.17) is 11.6 Å². The van der Waals surface area contributed by atoms with E-state index in [9.17, 15) is 35.2 Å². The average Bonchev–Trinajstić information content (AvgIpc) is 3.68. The number of nitrogens with one attached hydrogen (secondary N) is 1. The lowest BCUT2D eigenvalue weighted by Crippen LogP contribution is -2.27. The van der Waals surface area contributed by atoms with Crippen molar-refractivity contribution in [2.75, 3.05) is 27.6 Å². The van der Waals surface area contributed by atoms with Crippen LogP contribution in [0.4, 0.5) is 45.0 Å². The lowest BCUT2D eigenvalue weighted by atomic mass is 10.1. The van der Waals surface area contributed by atoms with Gasteiger partial charge in [0, 0.05) is 30.2 Å². The first-order valence-electron chi connectivity index (χ1n) is 13.1. The number of benzene rings is 2. The highest BCUT2D eigenvalue weighted by Crippen LogP contribution is 2.44. The maximum atomic E-state index is 14.4. The molecule has 4 aromatic rings. The summed E-state index contributed by atoms with van der Waals surface area (Å²) in [6.45, 7) is 2.04. The van der Waals surface area contributed by atoms with Crippen molar-refractivity contribution in [1.29, 1.82) is 0 Å². The second-order valence-corrected chi connectivity index (χ2v) is 12.3. The van der Waals surface area contributed by atoms with E-state index in [1.165, 1.54) is 36.4 Å². The summed E-state index contributed by atoms with van der Waals surface area (Å²) in [6.07, 6.45) is -0.954. The first kappa shape index (κ1) is 29.7. The average molecular weight is 654 g/mol. The van der Waals surface area contributed by atoms with Crippen molar-refractivity contribution in [3.63, 3.8) is 0 Å².